The van der Waals surface area contributed by atoms with Crippen molar-refractivity contribution in [1.29, 1.82) is 0 Å². The number of Topliss-reactive ketones (excluding diaryl/α,β-unsaturated/α-hetero) is 1. The average Bonchev–Trinajstić information content (AvgIpc) is 2.93. The van der Waals surface area contributed by atoms with E-state index >= 15 is 0 Å². The first-order valence-corrected chi connectivity index (χ1v) is 22.3. The van der Waals surface area contributed by atoms with Crippen molar-refractivity contribution >= 4 is 28.3 Å². The maximum atomic E-state index is 12.9. The van der Waals surface area contributed by atoms with Crippen LogP contribution in [-0.4, -0.2) is 47.1 Å². The minimum absolute atomic E-state index is 0.0551. The van der Waals surface area contributed by atoms with Gasteiger partial charge in [-0.3, -0.25) is 9.59 Å². The Labute approximate surface area is 271 Å². The van der Waals surface area contributed by atoms with Crippen molar-refractivity contribution in [3.05, 3.63) is 71.3 Å². The van der Waals surface area contributed by atoms with Gasteiger partial charge >= 0.3 is 0 Å². The molecule has 1 amide bonds. The van der Waals surface area contributed by atoms with Crippen molar-refractivity contribution in [3.63, 3.8) is 0 Å². The SMILES string of the molecule is CC(=O)NC(CCc1ccc(C(=O)CCCCCc2ccccc2)cc1)(CO[Si](C)(C)C(C)(C)C)CO[Si](C)(C)C(C)(C)C. The van der Waals surface area contributed by atoms with Crippen LogP contribution in [-0.2, 0) is 26.5 Å². The summed E-state index contributed by atoms with van der Waals surface area (Å²) in [5, 5.41) is 3.40. The third kappa shape index (κ3) is 12.0. The summed E-state index contributed by atoms with van der Waals surface area (Å²) in [5.74, 6) is 0.127. The standard InChI is InChI=1S/C37H61NO4Si2/c1-30(39)38-37(28-41-43(8,9)35(2,3)4,29-42-44(10,11)36(5,6)7)27-26-32-22-24-33(25-23-32)34(40)21-17-13-16-20-31-18-14-12-15-19-31/h12,14-15,18-19,22-25H,13,16-17,20-21,26-29H2,1-11H3,(H,38,39). The fourth-order valence-corrected chi connectivity index (χ4v) is 6.73. The van der Waals surface area contributed by atoms with E-state index in [-0.39, 0.29) is 21.8 Å². The molecule has 0 atom stereocenters. The van der Waals surface area contributed by atoms with Gasteiger partial charge in [-0.05, 0) is 79.5 Å². The molecule has 44 heavy (non-hydrogen) atoms. The lowest BCUT2D eigenvalue weighted by atomic mass is 9.92. The van der Waals surface area contributed by atoms with Gasteiger partial charge in [-0.25, -0.2) is 0 Å². The van der Waals surface area contributed by atoms with Crippen LogP contribution < -0.4 is 5.32 Å². The second-order valence-electron chi connectivity index (χ2n) is 15.7. The summed E-state index contributed by atoms with van der Waals surface area (Å²) in [6.45, 7) is 24.8. The van der Waals surface area contributed by atoms with Crippen LogP contribution in [0.5, 0.6) is 0 Å². The largest absolute Gasteiger partial charge is 0.414 e. The Morgan fingerprint density at radius 3 is 1.66 bits per heavy atom. The Balaban J connectivity index is 2.10. The smallest absolute Gasteiger partial charge is 0.217 e. The van der Waals surface area contributed by atoms with Crippen molar-refractivity contribution in [3.8, 4) is 0 Å². The summed E-state index contributed by atoms with van der Waals surface area (Å²) >= 11 is 0. The van der Waals surface area contributed by atoms with Crippen LogP contribution in [0.4, 0.5) is 0 Å². The van der Waals surface area contributed by atoms with Crippen molar-refractivity contribution in [2.24, 2.45) is 0 Å². The van der Waals surface area contributed by atoms with Gasteiger partial charge in [0, 0.05) is 18.9 Å². The molecule has 0 radical (unpaired) electrons. The molecule has 2 rings (SSSR count). The number of rotatable bonds is 17. The number of hydrogen-bond acceptors (Lipinski definition) is 4. The van der Waals surface area contributed by atoms with E-state index in [0.29, 0.717) is 26.1 Å². The fraction of sp³-hybridized carbons (Fsp3) is 0.622. The highest BCUT2D eigenvalue weighted by atomic mass is 28.4. The molecule has 246 valence electrons. The Morgan fingerprint density at radius 1 is 0.682 bits per heavy atom. The van der Waals surface area contributed by atoms with Crippen LogP contribution in [0.25, 0.3) is 0 Å². The van der Waals surface area contributed by atoms with Crippen LogP contribution in [0.3, 0.4) is 0 Å². The van der Waals surface area contributed by atoms with Gasteiger partial charge in [0.2, 0.25) is 5.91 Å². The lowest BCUT2D eigenvalue weighted by molar-refractivity contribution is -0.122. The van der Waals surface area contributed by atoms with Gasteiger partial charge in [0.1, 0.15) is 0 Å². The molecule has 0 fully saturated rings. The van der Waals surface area contributed by atoms with Gasteiger partial charge in [0.15, 0.2) is 22.4 Å². The Kier molecular flexibility index (Phi) is 13.8. The van der Waals surface area contributed by atoms with Crippen LogP contribution in [0.15, 0.2) is 54.6 Å². The van der Waals surface area contributed by atoms with E-state index < -0.39 is 22.2 Å². The summed E-state index contributed by atoms with van der Waals surface area (Å²) in [6, 6.07) is 18.6. The van der Waals surface area contributed by atoms with E-state index in [2.05, 4.69) is 109 Å². The Hall–Kier alpha value is -2.07. The van der Waals surface area contributed by atoms with Crippen molar-refractivity contribution in [1.82, 2.24) is 5.32 Å². The molecule has 1 N–H and O–H groups in total. The monoisotopic (exact) mass is 639 g/mol. The Bertz CT molecular complexity index is 1150. The molecule has 0 saturated heterocycles. The molecule has 0 bridgehead atoms. The molecular formula is C37H61NO4Si2. The van der Waals surface area contributed by atoms with Gasteiger partial charge in [0.25, 0.3) is 0 Å². The Morgan fingerprint density at radius 2 is 1.18 bits per heavy atom. The van der Waals surface area contributed by atoms with Gasteiger partial charge in [-0.15, -0.1) is 0 Å². The third-order valence-electron chi connectivity index (χ3n) is 9.85. The van der Waals surface area contributed by atoms with E-state index in [0.717, 1.165) is 43.2 Å². The fourth-order valence-electron chi connectivity index (χ4n) is 4.59. The highest BCUT2D eigenvalue weighted by Gasteiger charge is 2.44. The summed E-state index contributed by atoms with van der Waals surface area (Å²) in [5.41, 5.74) is 2.62. The highest BCUT2D eigenvalue weighted by Crippen LogP contribution is 2.39. The molecule has 0 saturated carbocycles. The number of benzene rings is 2. The normalized spacial score (nSPS) is 13.2. The third-order valence-corrected chi connectivity index (χ3v) is 18.8. The van der Waals surface area contributed by atoms with Crippen LogP contribution in [0, 0.1) is 0 Å². The number of aryl methyl sites for hydroxylation is 2. The molecule has 0 heterocycles. The van der Waals surface area contributed by atoms with E-state index in [1.807, 2.05) is 18.2 Å². The predicted molar refractivity (Wildman–Crippen MR) is 191 cm³/mol. The number of carbonyl (C=O) groups excluding carboxylic acids is 2. The maximum absolute atomic E-state index is 12.9. The quantitative estimate of drug-likeness (QED) is 0.106. The van der Waals surface area contributed by atoms with Crippen LogP contribution in [0.2, 0.25) is 36.3 Å². The zero-order valence-corrected chi connectivity index (χ0v) is 31.7. The molecule has 0 aliphatic rings. The summed E-state index contributed by atoms with van der Waals surface area (Å²) in [4.78, 5) is 25.5. The van der Waals surface area contributed by atoms with E-state index in [9.17, 15) is 9.59 Å². The molecular weight excluding hydrogens is 579 g/mol. The topological polar surface area (TPSA) is 64.6 Å². The molecule has 2 aromatic carbocycles. The predicted octanol–water partition coefficient (Wildman–Crippen LogP) is 9.52. The van der Waals surface area contributed by atoms with E-state index in [1.165, 1.54) is 5.56 Å². The van der Waals surface area contributed by atoms with Crippen molar-refractivity contribution < 1.29 is 18.4 Å². The number of hydrogen-bond donors (Lipinski definition) is 1. The van der Waals surface area contributed by atoms with Crippen molar-refractivity contribution in [2.75, 3.05) is 13.2 Å². The summed E-state index contributed by atoms with van der Waals surface area (Å²) < 4.78 is 13.5. The number of nitrogens with one attached hydrogen (secondary N) is 1. The molecule has 0 unspecified atom stereocenters. The number of unbranched alkanes of at least 4 members (excludes halogenated alkanes) is 2. The lowest BCUT2D eigenvalue weighted by Gasteiger charge is -2.44. The molecule has 0 aliphatic carbocycles. The zero-order chi connectivity index (χ0) is 33.2. The highest BCUT2D eigenvalue weighted by molar-refractivity contribution is 6.74. The minimum Gasteiger partial charge on any atom is -0.414 e. The molecule has 2 aromatic rings. The summed E-state index contributed by atoms with van der Waals surface area (Å²) in [7, 11) is -4.15. The lowest BCUT2D eigenvalue weighted by Crippen LogP contribution is -2.59. The van der Waals surface area contributed by atoms with E-state index in [1.54, 1.807) is 6.92 Å². The van der Waals surface area contributed by atoms with Crippen LogP contribution >= 0.6 is 0 Å². The van der Waals surface area contributed by atoms with Gasteiger partial charge in [-0.1, -0.05) is 103 Å². The first-order chi connectivity index (χ1) is 20.3. The van der Waals surface area contributed by atoms with E-state index in [4.69, 9.17) is 8.85 Å². The maximum Gasteiger partial charge on any atom is 0.217 e. The molecule has 0 aliphatic heterocycles. The zero-order valence-electron chi connectivity index (χ0n) is 29.7. The molecule has 5 nitrogen and oxygen atoms in total. The number of ketones is 1. The summed E-state index contributed by atoms with van der Waals surface area (Å²) in [6.07, 6.45) is 6.14. The van der Waals surface area contributed by atoms with Gasteiger partial charge in [-0.2, -0.15) is 0 Å². The minimum atomic E-state index is -2.07. The van der Waals surface area contributed by atoms with Gasteiger partial charge < -0.3 is 14.2 Å². The van der Waals surface area contributed by atoms with Crippen LogP contribution in [0.1, 0.15) is 102 Å². The molecule has 7 heteroatoms. The van der Waals surface area contributed by atoms with Crippen molar-refractivity contribution in [2.45, 2.75) is 135 Å². The molecule has 0 aromatic heterocycles. The first-order valence-electron chi connectivity index (χ1n) is 16.5. The van der Waals surface area contributed by atoms with Gasteiger partial charge in [0.05, 0.1) is 18.8 Å². The first kappa shape index (κ1) is 38.1. The molecule has 0 spiro atoms. The average molecular weight is 640 g/mol. The number of carbonyl (C=O) groups is 2. The number of amides is 1. The second-order valence-corrected chi connectivity index (χ2v) is 25.3. The second kappa shape index (κ2) is 16.0.